The van der Waals surface area contributed by atoms with E-state index in [1.807, 2.05) is 20.9 Å². The van der Waals surface area contributed by atoms with Crippen molar-refractivity contribution in [1.29, 1.82) is 0 Å². The van der Waals surface area contributed by atoms with Gasteiger partial charge in [-0.2, -0.15) is 4.98 Å². The molecule has 6 heteroatoms. The molecule has 2 unspecified atom stereocenters. The van der Waals surface area contributed by atoms with Gasteiger partial charge in [-0.1, -0.05) is 5.16 Å². The average Bonchev–Trinajstić information content (AvgIpc) is 3.06. The molecule has 6 nitrogen and oxygen atoms in total. The molecule has 0 bridgehead atoms. The van der Waals surface area contributed by atoms with Crippen LogP contribution in [0.2, 0.25) is 0 Å². The van der Waals surface area contributed by atoms with Crippen molar-refractivity contribution in [2.45, 2.75) is 44.4 Å². The SMILES string of the molecule is CNC(C)(C)c1nc(C2CN3CCCC3CO2)no1. The zero-order valence-corrected chi connectivity index (χ0v) is 11.8. The van der Waals surface area contributed by atoms with E-state index in [1.165, 1.54) is 12.8 Å². The van der Waals surface area contributed by atoms with Crippen LogP contribution in [0.1, 0.15) is 44.5 Å². The molecule has 0 radical (unpaired) electrons. The molecule has 0 spiro atoms. The molecule has 0 amide bonds. The first kappa shape index (κ1) is 13.0. The number of hydrogen-bond acceptors (Lipinski definition) is 6. The molecule has 1 aromatic heterocycles. The minimum Gasteiger partial charge on any atom is -0.367 e. The van der Waals surface area contributed by atoms with Crippen LogP contribution in [0.5, 0.6) is 0 Å². The number of aromatic nitrogens is 2. The number of fused-ring (bicyclic) bond motifs is 1. The van der Waals surface area contributed by atoms with Gasteiger partial charge in [0.25, 0.3) is 0 Å². The lowest BCUT2D eigenvalue weighted by atomic mass is 10.1. The number of rotatable bonds is 3. The van der Waals surface area contributed by atoms with Crippen LogP contribution < -0.4 is 5.32 Å². The van der Waals surface area contributed by atoms with Gasteiger partial charge in [0.15, 0.2) is 0 Å². The Morgan fingerprint density at radius 2 is 2.26 bits per heavy atom. The maximum atomic E-state index is 5.89. The van der Waals surface area contributed by atoms with Gasteiger partial charge in [-0.05, 0) is 40.3 Å². The number of nitrogens with zero attached hydrogens (tertiary/aromatic N) is 3. The van der Waals surface area contributed by atoms with Crippen molar-refractivity contribution in [3.05, 3.63) is 11.7 Å². The second-order valence-electron chi connectivity index (χ2n) is 5.95. The fourth-order valence-electron chi connectivity index (χ4n) is 2.70. The largest absolute Gasteiger partial charge is 0.367 e. The maximum Gasteiger partial charge on any atom is 0.246 e. The molecule has 1 N–H and O–H groups in total. The van der Waals surface area contributed by atoms with Gasteiger partial charge >= 0.3 is 0 Å². The monoisotopic (exact) mass is 266 g/mol. The van der Waals surface area contributed by atoms with Crippen molar-refractivity contribution >= 4 is 0 Å². The van der Waals surface area contributed by atoms with E-state index in [1.54, 1.807) is 0 Å². The van der Waals surface area contributed by atoms with Crippen molar-refractivity contribution in [3.63, 3.8) is 0 Å². The maximum absolute atomic E-state index is 5.89. The molecular weight excluding hydrogens is 244 g/mol. The highest BCUT2D eigenvalue weighted by molar-refractivity contribution is 5.02. The third kappa shape index (κ3) is 2.40. The quantitative estimate of drug-likeness (QED) is 0.882. The van der Waals surface area contributed by atoms with Gasteiger partial charge in [-0.3, -0.25) is 4.90 Å². The summed E-state index contributed by atoms with van der Waals surface area (Å²) in [5, 5.41) is 7.25. The van der Waals surface area contributed by atoms with Gasteiger partial charge in [-0.15, -0.1) is 0 Å². The summed E-state index contributed by atoms with van der Waals surface area (Å²) in [6.45, 7) is 6.86. The Labute approximate surface area is 113 Å². The Morgan fingerprint density at radius 1 is 1.42 bits per heavy atom. The van der Waals surface area contributed by atoms with Crippen molar-refractivity contribution in [3.8, 4) is 0 Å². The van der Waals surface area contributed by atoms with Crippen LogP contribution in [0.15, 0.2) is 4.52 Å². The van der Waals surface area contributed by atoms with E-state index >= 15 is 0 Å². The molecule has 106 valence electrons. The average molecular weight is 266 g/mol. The van der Waals surface area contributed by atoms with Crippen LogP contribution in [-0.4, -0.2) is 47.8 Å². The molecule has 19 heavy (non-hydrogen) atoms. The first-order valence-electron chi connectivity index (χ1n) is 6.99. The van der Waals surface area contributed by atoms with Gasteiger partial charge in [-0.25, -0.2) is 0 Å². The smallest absolute Gasteiger partial charge is 0.246 e. The van der Waals surface area contributed by atoms with Crippen LogP contribution in [0.25, 0.3) is 0 Å². The van der Waals surface area contributed by atoms with Gasteiger partial charge in [0.1, 0.15) is 6.10 Å². The molecule has 3 rings (SSSR count). The Balaban J connectivity index is 1.73. The topological polar surface area (TPSA) is 63.4 Å². The summed E-state index contributed by atoms with van der Waals surface area (Å²) in [5.41, 5.74) is -0.309. The summed E-state index contributed by atoms with van der Waals surface area (Å²) < 4.78 is 11.3. The van der Waals surface area contributed by atoms with Crippen molar-refractivity contribution < 1.29 is 9.26 Å². The number of morpholine rings is 1. The zero-order valence-electron chi connectivity index (χ0n) is 11.8. The van der Waals surface area contributed by atoms with E-state index in [4.69, 9.17) is 9.26 Å². The van der Waals surface area contributed by atoms with Crippen molar-refractivity contribution in [2.75, 3.05) is 26.7 Å². The van der Waals surface area contributed by atoms with Gasteiger partial charge in [0, 0.05) is 12.6 Å². The molecule has 0 saturated carbocycles. The van der Waals surface area contributed by atoms with E-state index < -0.39 is 0 Å². The van der Waals surface area contributed by atoms with E-state index in [9.17, 15) is 0 Å². The molecule has 2 atom stereocenters. The summed E-state index contributed by atoms with van der Waals surface area (Å²) in [7, 11) is 1.88. The summed E-state index contributed by atoms with van der Waals surface area (Å²) in [4.78, 5) is 6.98. The Bertz CT molecular complexity index is 446. The highest BCUT2D eigenvalue weighted by Crippen LogP contribution is 2.29. The van der Waals surface area contributed by atoms with Crippen LogP contribution >= 0.6 is 0 Å². The summed E-state index contributed by atoms with van der Waals surface area (Å²) in [6, 6.07) is 0.594. The van der Waals surface area contributed by atoms with Crippen molar-refractivity contribution in [1.82, 2.24) is 20.4 Å². The molecule has 2 aliphatic heterocycles. The Hall–Kier alpha value is -0.980. The second kappa shape index (κ2) is 4.85. The number of ether oxygens (including phenoxy) is 1. The zero-order chi connectivity index (χ0) is 13.5. The predicted octanol–water partition coefficient (Wildman–Crippen LogP) is 1.06. The van der Waals surface area contributed by atoms with Crippen LogP contribution in [0, 0.1) is 0 Å². The van der Waals surface area contributed by atoms with Crippen molar-refractivity contribution in [2.24, 2.45) is 0 Å². The molecule has 2 saturated heterocycles. The minimum atomic E-state index is -0.309. The molecule has 2 aliphatic rings. The third-order valence-corrected chi connectivity index (χ3v) is 4.28. The fraction of sp³-hybridized carbons (Fsp3) is 0.846. The van der Waals surface area contributed by atoms with E-state index in [0.29, 0.717) is 17.8 Å². The second-order valence-corrected chi connectivity index (χ2v) is 5.95. The highest BCUT2D eigenvalue weighted by Gasteiger charge is 2.36. The van der Waals surface area contributed by atoms with Gasteiger partial charge in [0.2, 0.25) is 11.7 Å². The Morgan fingerprint density at radius 3 is 3.05 bits per heavy atom. The standard InChI is InChI=1S/C13H22N4O2/c1-13(2,14-3)12-15-11(16-19-12)10-7-17-6-4-5-9(17)8-18-10/h9-10,14H,4-8H2,1-3H3. The first-order valence-corrected chi connectivity index (χ1v) is 6.99. The third-order valence-electron chi connectivity index (χ3n) is 4.28. The van der Waals surface area contributed by atoms with E-state index in [2.05, 4.69) is 20.4 Å². The van der Waals surface area contributed by atoms with Crippen LogP contribution in [-0.2, 0) is 10.3 Å². The van der Waals surface area contributed by atoms with Gasteiger partial charge in [0.05, 0.1) is 12.1 Å². The molecule has 0 aliphatic carbocycles. The number of nitrogens with one attached hydrogen (secondary N) is 1. The van der Waals surface area contributed by atoms with E-state index in [0.717, 1.165) is 19.7 Å². The Kier molecular flexibility index (Phi) is 3.32. The van der Waals surface area contributed by atoms with E-state index in [-0.39, 0.29) is 11.6 Å². The van der Waals surface area contributed by atoms with Crippen LogP contribution in [0.3, 0.4) is 0 Å². The molecule has 2 fully saturated rings. The predicted molar refractivity (Wildman–Crippen MR) is 69.7 cm³/mol. The summed E-state index contributed by atoms with van der Waals surface area (Å²) in [5.74, 6) is 1.28. The summed E-state index contributed by atoms with van der Waals surface area (Å²) in [6.07, 6.45) is 2.46. The fourth-order valence-corrected chi connectivity index (χ4v) is 2.70. The lowest BCUT2D eigenvalue weighted by Gasteiger charge is -2.33. The van der Waals surface area contributed by atoms with Crippen LogP contribution in [0.4, 0.5) is 0 Å². The summed E-state index contributed by atoms with van der Waals surface area (Å²) >= 11 is 0. The van der Waals surface area contributed by atoms with Gasteiger partial charge < -0.3 is 14.6 Å². The highest BCUT2D eigenvalue weighted by atomic mass is 16.5. The lowest BCUT2D eigenvalue weighted by molar-refractivity contribution is -0.0548. The first-order chi connectivity index (χ1) is 9.10. The lowest BCUT2D eigenvalue weighted by Crippen LogP contribution is -2.42. The molecule has 1 aromatic rings. The molecule has 3 heterocycles. The minimum absolute atomic E-state index is 0.0560. The number of hydrogen-bond donors (Lipinski definition) is 1. The molecule has 0 aromatic carbocycles. The normalized spacial score (nSPS) is 28.6. The molecular formula is C13H22N4O2.